The standard InChI is InChI=1S/C6H5N3O3.ClH/c7-5-4-2(8-9-5)1-3(12-4)6(10)11;/h1H,(H,10,11)(H3,7,8,9);1H. The van der Waals surface area contributed by atoms with Gasteiger partial charge in [0.05, 0.1) is 0 Å². The summed E-state index contributed by atoms with van der Waals surface area (Å²) in [5.41, 5.74) is 6.14. The van der Waals surface area contributed by atoms with E-state index in [-0.39, 0.29) is 29.6 Å². The van der Waals surface area contributed by atoms with E-state index in [1.54, 1.807) is 0 Å². The predicted octanol–water partition coefficient (Wildman–Crippen LogP) is 0.858. The van der Waals surface area contributed by atoms with E-state index in [0.29, 0.717) is 5.52 Å². The zero-order valence-electron chi connectivity index (χ0n) is 6.27. The van der Waals surface area contributed by atoms with Crippen LogP contribution in [0, 0.1) is 0 Å². The van der Waals surface area contributed by atoms with Gasteiger partial charge in [-0.25, -0.2) is 4.79 Å². The first kappa shape index (κ1) is 9.40. The van der Waals surface area contributed by atoms with Crippen molar-refractivity contribution in [2.45, 2.75) is 0 Å². The first-order valence-corrected chi connectivity index (χ1v) is 3.15. The quantitative estimate of drug-likeness (QED) is 0.638. The van der Waals surface area contributed by atoms with Crippen molar-refractivity contribution in [2.24, 2.45) is 0 Å². The highest BCUT2D eigenvalue weighted by Gasteiger charge is 2.13. The largest absolute Gasteiger partial charge is 0.475 e. The Labute approximate surface area is 78.1 Å². The number of nitrogen functional groups attached to an aromatic ring is 1. The van der Waals surface area contributed by atoms with Gasteiger partial charge < -0.3 is 15.3 Å². The Morgan fingerprint density at radius 1 is 1.69 bits per heavy atom. The minimum atomic E-state index is -1.13. The number of halogens is 1. The van der Waals surface area contributed by atoms with Crippen molar-refractivity contribution in [2.75, 3.05) is 5.73 Å². The van der Waals surface area contributed by atoms with Crippen molar-refractivity contribution in [3.05, 3.63) is 11.8 Å². The molecule has 0 unspecified atom stereocenters. The van der Waals surface area contributed by atoms with Crippen LogP contribution in [0.25, 0.3) is 11.1 Å². The molecule has 0 fully saturated rings. The van der Waals surface area contributed by atoms with Crippen LogP contribution in [0.15, 0.2) is 10.5 Å². The molecule has 7 heteroatoms. The number of carbonyl (C=O) groups is 1. The number of nitrogens with one attached hydrogen (secondary N) is 1. The first-order valence-electron chi connectivity index (χ1n) is 3.15. The number of aromatic nitrogens is 2. The van der Waals surface area contributed by atoms with Gasteiger partial charge in [0, 0.05) is 6.07 Å². The Balaban J connectivity index is 0.000000845. The Hall–Kier alpha value is -1.69. The van der Waals surface area contributed by atoms with E-state index in [4.69, 9.17) is 15.3 Å². The third-order valence-corrected chi connectivity index (χ3v) is 1.47. The summed E-state index contributed by atoms with van der Waals surface area (Å²) in [5, 5.41) is 14.7. The SMILES string of the molecule is Cl.Nc1n[nH]c2cc(C(=O)O)oc12. The van der Waals surface area contributed by atoms with Gasteiger partial charge in [-0.3, -0.25) is 5.10 Å². The summed E-state index contributed by atoms with van der Waals surface area (Å²) in [7, 11) is 0. The van der Waals surface area contributed by atoms with Crippen LogP contribution >= 0.6 is 12.4 Å². The van der Waals surface area contributed by atoms with Gasteiger partial charge in [-0.15, -0.1) is 12.4 Å². The van der Waals surface area contributed by atoms with Crippen molar-refractivity contribution >= 4 is 35.3 Å². The van der Waals surface area contributed by atoms with Crippen LogP contribution in [0.1, 0.15) is 10.6 Å². The lowest BCUT2D eigenvalue weighted by Gasteiger charge is -1.83. The molecule has 13 heavy (non-hydrogen) atoms. The predicted molar refractivity (Wildman–Crippen MR) is 47.0 cm³/mol. The van der Waals surface area contributed by atoms with Gasteiger partial charge in [0.15, 0.2) is 11.4 Å². The summed E-state index contributed by atoms with van der Waals surface area (Å²) in [4.78, 5) is 10.4. The molecule has 0 saturated heterocycles. The van der Waals surface area contributed by atoms with Gasteiger partial charge in [-0.1, -0.05) is 0 Å². The van der Waals surface area contributed by atoms with Crippen LogP contribution < -0.4 is 5.73 Å². The second kappa shape index (κ2) is 2.98. The molecule has 70 valence electrons. The van der Waals surface area contributed by atoms with E-state index < -0.39 is 5.97 Å². The highest BCUT2D eigenvalue weighted by Crippen LogP contribution is 2.21. The van der Waals surface area contributed by atoms with E-state index in [9.17, 15) is 4.79 Å². The number of nitrogens with two attached hydrogens (primary N) is 1. The molecule has 0 aliphatic rings. The average molecular weight is 204 g/mol. The van der Waals surface area contributed by atoms with Crippen molar-refractivity contribution in [3.8, 4) is 0 Å². The molecule has 2 rings (SSSR count). The van der Waals surface area contributed by atoms with Gasteiger partial charge in [0.2, 0.25) is 5.76 Å². The molecular formula is C6H6ClN3O3. The Bertz CT molecular complexity index is 447. The van der Waals surface area contributed by atoms with Crippen LogP contribution in [0.3, 0.4) is 0 Å². The van der Waals surface area contributed by atoms with Crippen LogP contribution in [0.2, 0.25) is 0 Å². The van der Waals surface area contributed by atoms with Crippen molar-refractivity contribution < 1.29 is 14.3 Å². The van der Waals surface area contributed by atoms with Crippen LogP contribution in [0.5, 0.6) is 0 Å². The van der Waals surface area contributed by atoms with Crippen LogP contribution in [-0.4, -0.2) is 21.3 Å². The van der Waals surface area contributed by atoms with Crippen LogP contribution in [0.4, 0.5) is 5.82 Å². The number of carboxylic acids is 1. The van der Waals surface area contributed by atoms with Crippen molar-refractivity contribution in [3.63, 3.8) is 0 Å². The summed E-state index contributed by atoms with van der Waals surface area (Å²) in [6.45, 7) is 0. The maximum Gasteiger partial charge on any atom is 0.371 e. The van der Waals surface area contributed by atoms with Gasteiger partial charge in [-0.05, 0) is 0 Å². The number of nitrogens with zero attached hydrogens (tertiary/aromatic N) is 1. The Morgan fingerprint density at radius 3 is 2.92 bits per heavy atom. The molecular weight excluding hydrogens is 198 g/mol. The molecule has 4 N–H and O–H groups in total. The zero-order chi connectivity index (χ0) is 8.72. The first-order chi connectivity index (χ1) is 5.68. The number of furan rings is 1. The fraction of sp³-hybridized carbons (Fsp3) is 0. The number of aromatic carboxylic acids is 1. The van der Waals surface area contributed by atoms with E-state index in [2.05, 4.69) is 10.2 Å². The number of carboxylic acid groups (broad SMARTS) is 1. The lowest BCUT2D eigenvalue weighted by Crippen LogP contribution is -1.92. The topological polar surface area (TPSA) is 105 Å². The highest BCUT2D eigenvalue weighted by molar-refractivity contribution is 5.92. The number of hydrogen-bond acceptors (Lipinski definition) is 4. The number of rotatable bonds is 1. The zero-order valence-corrected chi connectivity index (χ0v) is 7.09. The number of anilines is 1. The van der Waals surface area contributed by atoms with Crippen molar-refractivity contribution in [1.29, 1.82) is 0 Å². The van der Waals surface area contributed by atoms with Gasteiger partial charge in [0.25, 0.3) is 0 Å². The minimum absolute atomic E-state index is 0. The van der Waals surface area contributed by atoms with Crippen LogP contribution in [-0.2, 0) is 0 Å². The normalized spacial score (nSPS) is 9.85. The Kier molecular flexibility index (Phi) is 2.16. The summed E-state index contributed by atoms with van der Waals surface area (Å²) < 4.78 is 4.88. The third kappa shape index (κ3) is 1.31. The molecule has 0 aromatic carbocycles. The maximum absolute atomic E-state index is 10.4. The number of aromatic amines is 1. The molecule has 2 aromatic rings. The molecule has 2 heterocycles. The van der Waals surface area contributed by atoms with Gasteiger partial charge >= 0.3 is 5.97 Å². The van der Waals surface area contributed by atoms with Gasteiger partial charge in [0.1, 0.15) is 5.52 Å². The molecule has 0 amide bonds. The minimum Gasteiger partial charge on any atom is -0.475 e. The molecule has 0 saturated carbocycles. The number of hydrogen-bond donors (Lipinski definition) is 3. The maximum atomic E-state index is 10.4. The molecule has 0 aliphatic heterocycles. The smallest absolute Gasteiger partial charge is 0.371 e. The summed E-state index contributed by atoms with van der Waals surface area (Å²) in [6.07, 6.45) is 0. The molecule has 0 radical (unpaired) electrons. The third-order valence-electron chi connectivity index (χ3n) is 1.47. The molecule has 0 bridgehead atoms. The monoisotopic (exact) mass is 203 g/mol. The fourth-order valence-corrected chi connectivity index (χ4v) is 0.941. The second-order valence-corrected chi connectivity index (χ2v) is 2.27. The lowest BCUT2D eigenvalue weighted by atomic mass is 10.4. The summed E-state index contributed by atoms with van der Waals surface area (Å²) in [6, 6.07) is 1.33. The molecule has 2 aromatic heterocycles. The molecule has 0 atom stereocenters. The highest BCUT2D eigenvalue weighted by atomic mass is 35.5. The molecule has 6 nitrogen and oxygen atoms in total. The fourth-order valence-electron chi connectivity index (χ4n) is 0.941. The number of H-pyrrole nitrogens is 1. The van der Waals surface area contributed by atoms with E-state index in [1.807, 2.05) is 0 Å². The van der Waals surface area contributed by atoms with E-state index in [0.717, 1.165) is 0 Å². The Morgan fingerprint density at radius 2 is 2.38 bits per heavy atom. The van der Waals surface area contributed by atoms with E-state index in [1.165, 1.54) is 6.07 Å². The van der Waals surface area contributed by atoms with E-state index >= 15 is 0 Å². The summed E-state index contributed by atoms with van der Waals surface area (Å²) >= 11 is 0. The molecule has 0 spiro atoms. The molecule has 0 aliphatic carbocycles. The lowest BCUT2D eigenvalue weighted by molar-refractivity contribution is 0.0665. The second-order valence-electron chi connectivity index (χ2n) is 2.27. The summed E-state index contributed by atoms with van der Waals surface area (Å²) in [5.74, 6) is -1.11. The average Bonchev–Trinajstić information content (AvgIpc) is 2.53. The van der Waals surface area contributed by atoms with Gasteiger partial charge in [-0.2, -0.15) is 5.10 Å². The number of fused-ring (bicyclic) bond motifs is 1. The van der Waals surface area contributed by atoms with Crippen molar-refractivity contribution in [1.82, 2.24) is 10.2 Å².